The smallest absolute Gasteiger partial charge is 0.307 e. The van der Waals surface area contributed by atoms with E-state index in [1.54, 1.807) is 11.0 Å². The van der Waals surface area contributed by atoms with Crippen molar-refractivity contribution >= 4 is 28.5 Å². The number of H-pyrrole nitrogens is 1. The topological polar surface area (TPSA) is 62.4 Å². The van der Waals surface area contributed by atoms with Gasteiger partial charge in [-0.15, -0.1) is 0 Å². The number of ether oxygens (including phenoxy) is 1. The third-order valence-corrected chi connectivity index (χ3v) is 3.88. The Bertz CT molecular complexity index is 855. The molecule has 0 radical (unpaired) electrons. The van der Waals surface area contributed by atoms with Gasteiger partial charge in [0.2, 0.25) is 0 Å². The number of rotatable bonds is 5. The minimum absolute atomic E-state index is 0.142. The molecule has 2 aromatic carbocycles. The number of benzene rings is 2. The maximum atomic E-state index is 13.0. The molecule has 24 heavy (non-hydrogen) atoms. The first-order chi connectivity index (χ1) is 11.7. The van der Waals surface area contributed by atoms with E-state index in [9.17, 15) is 9.59 Å². The average Bonchev–Trinajstić information content (AvgIpc) is 3.10. The Kier molecular flexibility index (Phi) is 4.61. The summed E-state index contributed by atoms with van der Waals surface area (Å²) in [6.07, 6.45) is 1.98. The minimum Gasteiger partial charge on any atom is -0.469 e. The van der Waals surface area contributed by atoms with Crippen LogP contribution in [-0.2, 0) is 9.53 Å². The molecule has 0 saturated heterocycles. The molecule has 0 spiro atoms. The highest BCUT2D eigenvalue weighted by Gasteiger charge is 2.19. The van der Waals surface area contributed by atoms with Crippen LogP contribution in [0.4, 0.5) is 5.69 Å². The lowest BCUT2D eigenvalue weighted by Gasteiger charge is -2.22. The van der Waals surface area contributed by atoms with E-state index >= 15 is 0 Å². The molecule has 0 aliphatic carbocycles. The number of methoxy groups -OCH3 is 1. The van der Waals surface area contributed by atoms with Gasteiger partial charge in [-0.05, 0) is 36.4 Å². The number of para-hydroxylation sites is 1. The molecule has 1 amide bonds. The van der Waals surface area contributed by atoms with Crippen LogP contribution < -0.4 is 4.90 Å². The van der Waals surface area contributed by atoms with Crippen molar-refractivity contribution in [2.45, 2.75) is 6.42 Å². The van der Waals surface area contributed by atoms with E-state index in [2.05, 4.69) is 9.72 Å². The quantitative estimate of drug-likeness (QED) is 0.733. The maximum Gasteiger partial charge on any atom is 0.307 e. The second kappa shape index (κ2) is 7.00. The number of aromatic nitrogens is 1. The van der Waals surface area contributed by atoms with E-state index in [4.69, 9.17) is 0 Å². The number of hydrogen-bond acceptors (Lipinski definition) is 3. The summed E-state index contributed by atoms with van der Waals surface area (Å²) in [6.45, 7) is 0.265. The van der Waals surface area contributed by atoms with Crippen molar-refractivity contribution in [2.24, 2.45) is 0 Å². The van der Waals surface area contributed by atoms with Crippen LogP contribution in [0.15, 0.2) is 60.8 Å². The zero-order valence-electron chi connectivity index (χ0n) is 13.4. The highest BCUT2D eigenvalue weighted by atomic mass is 16.5. The van der Waals surface area contributed by atoms with Crippen molar-refractivity contribution in [3.8, 4) is 0 Å². The fraction of sp³-hybridized carbons (Fsp3) is 0.158. The first kappa shape index (κ1) is 15.8. The summed E-state index contributed by atoms with van der Waals surface area (Å²) in [6, 6.07) is 16.8. The van der Waals surface area contributed by atoms with Gasteiger partial charge in [0.15, 0.2) is 0 Å². The summed E-state index contributed by atoms with van der Waals surface area (Å²) in [5.74, 6) is -0.488. The predicted octanol–water partition coefficient (Wildman–Crippen LogP) is 3.38. The number of anilines is 1. The largest absolute Gasteiger partial charge is 0.469 e. The van der Waals surface area contributed by atoms with Crippen LogP contribution in [-0.4, -0.2) is 30.5 Å². The monoisotopic (exact) mass is 322 g/mol. The Morgan fingerprint density at radius 2 is 1.88 bits per heavy atom. The number of carbonyl (C=O) groups is 2. The standard InChI is InChI=1S/C19H18N2O3/c1-24-18(22)10-12-21(16-5-3-2-4-6-16)19(23)15-7-8-17-14(13-15)9-11-20-17/h2-9,11,13,20H,10,12H2,1H3. The molecule has 0 atom stereocenters. The van der Waals surface area contributed by atoms with Gasteiger partial charge in [0.25, 0.3) is 5.91 Å². The molecule has 5 nitrogen and oxygen atoms in total. The molecule has 1 N–H and O–H groups in total. The second-order valence-electron chi connectivity index (χ2n) is 5.40. The molecule has 1 aromatic heterocycles. The van der Waals surface area contributed by atoms with Gasteiger partial charge in [-0.2, -0.15) is 0 Å². The van der Waals surface area contributed by atoms with Gasteiger partial charge in [-0.1, -0.05) is 18.2 Å². The van der Waals surface area contributed by atoms with Crippen molar-refractivity contribution in [3.63, 3.8) is 0 Å². The van der Waals surface area contributed by atoms with Crippen LogP contribution in [0.2, 0.25) is 0 Å². The molecule has 5 heteroatoms. The number of esters is 1. The predicted molar refractivity (Wildman–Crippen MR) is 93.1 cm³/mol. The van der Waals surface area contributed by atoms with E-state index < -0.39 is 0 Å². The van der Waals surface area contributed by atoms with Gasteiger partial charge in [0.05, 0.1) is 13.5 Å². The van der Waals surface area contributed by atoms with Gasteiger partial charge in [0.1, 0.15) is 0 Å². The molecule has 0 aliphatic heterocycles. The summed E-state index contributed by atoms with van der Waals surface area (Å²) in [7, 11) is 1.34. The number of fused-ring (bicyclic) bond motifs is 1. The molecule has 1 heterocycles. The van der Waals surface area contributed by atoms with Crippen molar-refractivity contribution in [3.05, 3.63) is 66.4 Å². The van der Waals surface area contributed by atoms with Gasteiger partial charge in [0, 0.05) is 34.9 Å². The number of nitrogens with one attached hydrogen (secondary N) is 1. The van der Waals surface area contributed by atoms with Crippen LogP contribution in [0.3, 0.4) is 0 Å². The molecule has 122 valence electrons. The SMILES string of the molecule is COC(=O)CCN(C(=O)c1ccc2[nH]ccc2c1)c1ccccc1. The molecule has 0 aliphatic rings. The van der Waals surface area contributed by atoms with Gasteiger partial charge in [-0.25, -0.2) is 0 Å². The van der Waals surface area contributed by atoms with Crippen LogP contribution in [0, 0.1) is 0 Å². The highest BCUT2D eigenvalue weighted by Crippen LogP contribution is 2.20. The number of hydrogen-bond donors (Lipinski definition) is 1. The van der Waals surface area contributed by atoms with Crippen molar-refractivity contribution in [2.75, 3.05) is 18.6 Å². The van der Waals surface area contributed by atoms with Crippen LogP contribution >= 0.6 is 0 Å². The van der Waals surface area contributed by atoms with E-state index in [-0.39, 0.29) is 24.8 Å². The number of nitrogens with zero attached hydrogens (tertiary/aromatic N) is 1. The highest BCUT2D eigenvalue weighted by molar-refractivity contribution is 6.08. The van der Waals surface area contributed by atoms with E-state index in [0.717, 1.165) is 16.6 Å². The summed E-state index contributed by atoms with van der Waals surface area (Å²) in [5.41, 5.74) is 2.31. The molecule has 3 aromatic rings. The van der Waals surface area contributed by atoms with Crippen LogP contribution in [0.25, 0.3) is 10.9 Å². The number of carbonyl (C=O) groups excluding carboxylic acids is 2. The average molecular weight is 322 g/mol. The lowest BCUT2D eigenvalue weighted by Crippen LogP contribution is -2.33. The number of aromatic amines is 1. The summed E-state index contributed by atoms with van der Waals surface area (Å²) < 4.78 is 4.69. The fourth-order valence-electron chi connectivity index (χ4n) is 2.60. The summed E-state index contributed by atoms with van der Waals surface area (Å²) in [5, 5.41) is 0.974. The first-order valence-electron chi connectivity index (χ1n) is 7.70. The van der Waals surface area contributed by atoms with Gasteiger partial charge < -0.3 is 14.6 Å². The van der Waals surface area contributed by atoms with Crippen molar-refractivity contribution in [1.82, 2.24) is 4.98 Å². The zero-order chi connectivity index (χ0) is 16.9. The summed E-state index contributed by atoms with van der Waals surface area (Å²) in [4.78, 5) is 29.2. The number of amides is 1. The van der Waals surface area contributed by atoms with Crippen molar-refractivity contribution in [1.29, 1.82) is 0 Å². The van der Waals surface area contributed by atoms with E-state index in [1.165, 1.54) is 7.11 Å². The van der Waals surface area contributed by atoms with E-state index in [1.807, 2.05) is 54.7 Å². The maximum absolute atomic E-state index is 13.0. The van der Waals surface area contributed by atoms with Crippen molar-refractivity contribution < 1.29 is 14.3 Å². The Morgan fingerprint density at radius 1 is 1.08 bits per heavy atom. The van der Waals surface area contributed by atoms with Gasteiger partial charge >= 0.3 is 5.97 Å². The third-order valence-electron chi connectivity index (χ3n) is 3.88. The normalized spacial score (nSPS) is 10.5. The second-order valence-corrected chi connectivity index (χ2v) is 5.40. The molecule has 0 bridgehead atoms. The van der Waals surface area contributed by atoms with Crippen LogP contribution in [0.5, 0.6) is 0 Å². The molecule has 3 rings (SSSR count). The Morgan fingerprint density at radius 3 is 2.62 bits per heavy atom. The van der Waals surface area contributed by atoms with Crippen LogP contribution in [0.1, 0.15) is 16.8 Å². The van der Waals surface area contributed by atoms with E-state index in [0.29, 0.717) is 5.56 Å². The lowest BCUT2D eigenvalue weighted by atomic mass is 10.1. The minimum atomic E-state index is -0.343. The Hall–Kier alpha value is -3.08. The lowest BCUT2D eigenvalue weighted by molar-refractivity contribution is -0.140. The molecule has 0 saturated carbocycles. The summed E-state index contributed by atoms with van der Waals surface area (Å²) >= 11 is 0. The molecular weight excluding hydrogens is 304 g/mol. The Labute approximate surface area is 139 Å². The third kappa shape index (κ3) is 3.30. The molecular formula is C19H18N2O3. The first-order valence-corrected chi connectivity index (χ1v) is 7.70. The van der Waals surface area contributed by atoms with Gasteiger partial charge in [-0.3, -0.25) is 9.59 Å². The fourth-order valence-corrected chi connectivity index (χ4v) is 2.60. The molecule has 0 fully saturated rings. The molecule has 0 unspecified atom stereocenters. The Balaban J connectivity index is 1.91. The zero-order valence-corrected chi connectivity index (χ0v) is 13.4.